The summed E-state index contributed by atoms with van der Waals surface area (Å²) in [7, 11) is 1.68. The van der Waals surface area contributed by atoms with Gasteiger partial charge in [0.15, 0.2) is 0 Å². The van der Waals surface area contributed by atoms with Gasteiger partial charge in [-0.05, 0) is 91.6 Å². The average Bonchev–Trinajstić information content (AvgIpc) is 3.45. The lowest BCUT2D eigenvalue weighted by molar-refractivity contribution is -0.122. The number of carbonyl (C=O) groups is 2. The molecule has 206 valence electrons. The lowest BCUT2D eigenvalue weighted by Crippen LogP contribution is -2.35. The van der Waals surface area contributed by atoms with E-state index in [-0.39, 0.29) is 35.7 Å². The molecule has 2 aromatic carbocycles. The number of allylic oxidation sites excluding steroid dienone is 1. The van der Waals surface area contributed by atoms with Gasteiger partial charge in [-0.2, -0.15) is 0 Å². The minimum Gasteiger partial charge on any atom is -0.507 e. The van der Waals surface area contributed by atoms with Gasteiger partial charge in [0, 0.05) is 13.0 Å². The van der Waals surface area contributed by atoms with Crippen LogP contribution >= 0.6 is 0 Å². The summed E-state index contributed by atoms with van der Waals surface area (Å²) in [6.07, 6.45) is 6.44. The predicted octanol–water partition coefficient (Wildman–Crippen LogP) is 6.14. The van der Waals surface area contributed by atoms with Crippen LogP contribution in [0.3, 0.4) is 0 Å². The zero-order valence-corrected chi connectivity index (χ0v) is 23.4. The van der Waals surface area contributed by atoms with Crippen molar-refractivity contribution in [3.63, 3.8) is 0 Å². The molecule has 2 saturated heterocycles. The fraction of sp³-hybridized carbons (Fsp3) is 0.455. The quantitative estimate of drug-likeness (QED) is 0.312. The molecule has 2 aliphatic heterocycles. The number of fused-ring (bicyclic) bond motifs is 3. The number of anilines is 1. The molecule has 2 amide bonds. The van der Waals surface area contributed by atoms with Crippen molar-refractivity contribution in [3.8, 4) is 5.75 Å². The van der Waals surface area contributed by atoms with Gasteiger partial charge in [-0.1, -0.05) is 43.2 Å². The van der Waals surface area contributed by atoms with Crippen molar-refractivity contribution in [2.24, 2.45) is 17.8 Å². The van der Waals surface area contributed by atoms with Gasteiger partial charge in [-0.15, -0.1) is 0 Å². The molecule has 2 fully saturated rings. The Morgan fingerprint density at radius 3 is 2.46 bits per heavy atom. The Bertz CT molecular complexity index is 1290. The molecule has 0 aromatic heterocycles. The molecular weight excluding hydrogens is 490 g/mol. The fourth-order valence-electron chi connectivity index (χ4n) is 6.83. The van der Waals surface area contributed by atoms with E-state index in [0.717, 1.165) is 47.9 Å². The molecule has 39 heavy (non-hydrogen) atoms. The van der Waals surface area contributed by atoms with Gasteiger partial charge >= 0.3 is 0 Å². The number of ether oxygens (including phenoxy) is 2. The van der Waals surface area contributed by atoms with Crippen molar-refractivity contribution >= 4 is 23.6 Å². The van der Waals surface area contributed by atoms with Gasteiger partial charge in [-0.3, -0.25) is 14.5 Å². The molecule has 6 nitrogen and oxygen atoms in total. The monoisotopic (exact) mass is 529 g/mol. The van der Waals surface area contributed by atoms with Crippen molar-refractivity contribution in [1.82, 2.24) is 0 Å². The van der Waals surface area contributed by atoms with Gasteiger partial charge in [0.25, 0.3) is 0 Å². The van der Waals surface area contributed by atoms with Crippen molar-refractivity contribution in [1.29, 1.82) is 0 Å². The minimum atomic E-state index is -0.382. The number of aryl methyl sites for hydroxylation is 2. The summed E-state index contributed by atoms with van der Waals surface area (Å²) in [5.41, 5.74) is 7.15. The minimum absolute atomic E-state index is 0.0849. The van der Waals surface area contributed by atoms with Crippen LogP contribution in [0.4, 0.5) is 5.69 Å². The molecule has 6 heteroatoms. The van der Waals surface area contributed by atoms with Gasteiger partial charge in [0.05, 0.1) is 36.8 Å². The Kier molecular flexibility index (Phi) is 8.06. The number of aromatic hydroxyl groups is 1. The molecule has 2 aromatic rings. The Balaban J connectivity index is 1.39. The molecule has 0 saturated carbocycles. The Morgan fingerprint density at radius 1 is 1.08 bits per heavy atom. The summed E-state index contributed by atoms with van der Waals surface area (Å²) in [4.78, 5) is 28.5. The maximum Gasteiger partial charge on any atom is 0.238 e. The maximum absolute atomic E-state index is 13.7. The normalized spacial score (nSPS) is 24.9. The molecule has 2 heterocycles. The first-order chi connectivity index (χ1) is 18.8. The van der Waals surface area contributed by atoms with E-state index in [2.05, 4.69) is 13.0 Å². The van der Waals surface area contributed by atoms with E-state index >= 15 is 0 Å². The van der Waals surface area contributed by atoms with E-state index in [0.29, 0.717) is 31.1 Å². The number of phenols is 1. The number of para-hydroxylation sites is 1. The second kappa shape index (κ2) is 11.5. The highest BCUT2D eigenvalue weighted by Gasteiger charge is 2.57. The summed E-state index contributed by atoms with van der Waals surface area (Å²) in [5, 5.41) is 10.2. The van der Waals surface area contributed by atoms with Crippen LogP contribution in [-0.2, 0) is 19.1 Å². The number of hydrogen-bond donors (Lipinski definition) is 1. The smallest absolute Gasteiger partial charge is 0.238 e. The number of methoxy groups -OCH3 is 1. The first kappa shape index (κ1) is 27.4. The molecule has 1 aliphatic carbocycles. The van der Waals surface area contributed by atoms with Crippen molar-refractivity contribution < 1.29 is 24.2 Å². The first-order valence-corrected chi connectivity index (χ1v) is 14.1. The predicted molar refractivity (Wildman–Crippen MR) is 152 cm³/mol. The lowest BCUT2D eigenvalue weighted by atomic mass is 9.69. The third kappa shape index (κ3) is 5.20. The highest BCUT2D eigenvalue weighted by molar-refractivity contribution is 6.22. The summed E-state index contributed by atoms with van der Waals surface area (Å²) >= 11 is 0. The number of hydrogen-bond acceptors (Lipinski definition) is 5. The molecule has 1 N–H and O–H groups in total. The SMILES string of the molecule is CCC/C(=C\c1cc(C)c(O)c(C)c1)CC[C@H]1OC[C@H]2C1=C(COC)C[C@H]1C(=O)N(c3ccccc3)C(=O)[C@H]12. The van der Waals surface area contributed by atoms with Crippen LogP contribution in [0, 0.1) is 31.6 Å². The second-order valence-electron chi connectivity index (χ2n) is 11.2. The van der Waals surface area contributed by atoms with Gasteiger partial charge in [-0.25, -0.2) is 0 Å². The number of benzene rings is 2. The molecule has 4 atom stereocenters. The number of imide groups is 1. The van der Waals surface area contributed by atoms with Crippen LogP contribution in [0.2, 0.25) is 0 Å². The van der Waals surface area contributed by atoms with E-state index in [1.807, 2.05) is 56.3 Å². The van der Waals surface area contributed by atoms with Gasteiger partial charge in [0.1, 0.15) is 5.75 Å². The summed E-state index contributed by atoms with van der Waals surface area (Å²) < 4.78 is 12.0. The van der Waals surface area contributed by atoms with E-state index < -0.39 is 0 Å². The third-order valence-corrected chi connectivity index (χ3v) is 8.52. The highest BCUT2D eigenvalue weighted by atomic mass is 16.5. The van der Waals surface area contributed by atoms with Crippen molar-refractivity contribution in [2.45, 2.75) is 59.0 Å². The molecule has 5 rings (SSSR count). The van der Waals surface area contributed by atoms with Crippen molar-refractivity contribution in [2.75, 3.05) is 25.2 Å². The van der Waals surface area contributed by atoms with E-state index in [1.54, 1.807) is 7.11 Å². The molecule has 0 bridgehead atoms. The summed E-state index contributed by atoms with van der Waals surface area (Å²) in [5.74, 6) is -0.704. The lowest BCUT2D eigenvalue weighted by Gasteiger charge is -2.31. The number of amides is 2. The van der Waals surface area contributed by atoms with E-state index in [9.17, 15) is 14.7 Å². The third-order valence-electron chi connectivity index (χ3n) is 8.52. The first-order valence-electron chi connectivity index (χ1n) is 14.1. The molecule has 0 spiro atoms. The zero-order chi connectivity index (χ0) is 27.7. The number of phenolic OH excluding ortho intramolecular Hbond substituents is 1. The Labute approximate surface area is 231 Å². The topological polar surface area (TPSA) is 76.1 Å². The average molecular weight is 530 g/mol. The molecular formula is C33H39NO5. The van der Waals surface area contributed by atoms with Gasteiger partial charge in [0.2, 0.25) is 11.8 Å². The van der Waals surface area contributed by atoms with Crippen molar-refractivity contribution in [3.05, 3.63) is 75.9 Å². The molecule has 3 aliphatic rings. The molecule has 0 radical (unpaired) electrons. The standard InChI is InChI=1S/C33H39NO5/c1-5-9-22(16-23-14-20(2)31(35)21(3)15-23)12-13-28-29-24(18-38-4)17-26-30(27(29)19-39-28)33(37)34(32(26)36)25-10-7-6-8-11-25/h6-8,10-11,14-16,26-28,30,35H,5,9,12-13,17-19H2,1-4H3/b22-16+/t26-,27+,28-,30-/m1/s1. The largest absolute Gasteiger partial charge is 0.507 e. The van der Waals surface area contributed by atoms with Crippen LogP contribution in [0.15, 0.2) is 59.2 Å². The van der Waals surface area contributed by atoms with E-state index in [1.165, 1.54) is 16.0 Å². The summed E-state index contributed by atoms with van der Waals surface area (Å²) in [6.45, 7) is 6.95. The highest BCUT2D eigenvalue weighted by Crippen LogP contribution is 2.50. The molecule has 0 unspecified atom stereocenters. The van der Waals surface area contributed by atoms with Crippen LogP contribution in [0.25, 0.3) is 6.08 Å². The van der Waals surface area contributed by atoms with Crippen LogP contribution in [-0.4, -0.2) is 43.3 Å². The number of rotatable bonds is 9. The summed E-state index contributed by atoms with van der Waals surface area (Å²) in [6, 6.07) is 13.3. The number of carbonyl (C=O) groups excluding carboxylic acids is 2. The Hall–Kier alpha value is -3.22. The van der Waals surface area contributed by atoms with Gasteiger partial charge < -0.3 is 14.6 Å². The Morgan fingerprint density at radius 2 is 1.79 bits per heavy atom. The van der Waals surface area contributed by atoms with E-state index in [4.69, 9.17) is 9.47 Å². The maximum atomic E-state index is 13.7. The second-order valence-corrected chi connectivity index (χ2v) is 11.2. The fourth-order valence-corrected chi connectivity index (χ4v) is 6.83. The number of nitrogens with zero attached hydrogens (tertiary/aromatic N) is 1. The zero-order valence-electron chi connectivity index (χ0n) is 23.4. The van der Waals surface area contributed by atoms with Crippen LogP contribution in [0.5, 0.6) is 5.75 Å². The van der Waals surface area contributed by atoms with Crippen LogP contribution < -0.4 is 4.90 Å². The van der Waals surface area contributed by atoms with Crippen LogP contribution in [0.1, 0.15) is 55.7 Å².